The number of aromatic nitrogens is 2. The Labute approximate surface area is 284 Å². The van der Waals surface area contributed by atoms with Crippen molar-refractivity contribution in [2.24, 2.45) is 0 Å². The van der Waals surface area contributed by atoms with Gasteiger partial charge in [0.25, 0.3) is 11.8 Å². The van der Waals surface area contributed by atoms with E-state index >= 15 is 0 Å². The van der Waals surface area contributed by atoms with E-state index in [9.17, 15) is 9.59 Å². The van der Waals surface area contributed by atoms with Crippen LogP contribution in [-0.2, 0) is 0 Å². The molecule has 0 aliphatic heterocycles. The number of rotatable bonds is 12. The van der Waals surface area contributed by atoms with Crippen molar-refractivity contribution in [1.29, 1.82) is 0 Å². The van der Waals surface area contributed by atoms with Gasteiger partial charge in [0, 0.05) is 45.0 Å². The Morgan fingerprint density at radius 3 is 1.34 bits per heavy atom. The summed E-state index contributed by atoms with van der Waals surface area (Å²) in [6, 6.07) is 34.0. The highest BCUT2D eigenvalue weighted by atomic mass is 35.5. The van der Waals surface area contributed by atoms with Crippen LogP contribution in [0.15, 0.2) is 109 Å². The first kappa shape index (κ1) is 32.2. The first-order valence-corrected chi connectivity index (χ1v) is 16.6. The van der Waals surface area contributed by atoms with E-state index in [0.29, 0.717) is 45.6 Å². The lowest BCUT2D eigenvalue weighted by Gasteiger charge is -2.12. The molecule has 0 saturated carbocycles. The van der Waals surface area contributed by atoms with Crippen LogP contribution in [-0.4, -0.2) is 34.9 Å². The van der Waals surface area contributed by atoms with E-state index in [1.165, 1.54) is 0 Å². The Morgan fingerprint density at radius 1 is 0.511 bits per heavy atom. The Balaban J connectivity index is 0.977. The highest BCUT2D eigenvalue weighted by molar-refractivity contribution is 6.33. The molecule has 6 aromatic rings. The summed E-state index contributed by atoms with van der Waals surface area (Å²) in [5, 5.41) is 8.97. The highest BCUT2D eigenvalue weighted by Crippen LogP contribution is 2.31. The lowest BCUT2D eigenvalue weighted by Crippen LogP contribution is -2.25. The van der Waals surface area contributed by atoms with E-state index in [1.54, 1.807) is 0 Å². The number of benzene rings is 4. The van der Waals surface area contributed by atoms with Gasteiger partial charge in [0.1, 0.15) is 0 Å². The second-order valence-corrected chi connectivity index (χ2v) is 12.2. The number of halogens is 2. The van der Waals surface area contributed by atoms with Crippen molar-refractivity contribution in [3.8, 4) is 22.5 Å². The summed E-state index contributed by atoms with van der Waals surface area (Å²) in [5.41, 5.74) is 5.60. The molecule has 0 radical (unpaired) electrons. The summed E-state index contributed by atoms with van der Waals surface area (Å²) in [5.74, 6) is -0.248. The first-order chi connectivity index (χ1) is 23.0. The van der Waals surface area contributed by atoms with Crippen LogP contribution >= 0.6 is 23.2 Å². The van der Waals surface area contributed by atoms with E-state index in [0.717, 1.165) is 65.0 Å². The number of hydrogen-bond acceptors (Lipinski definition) is 4. The minimum Gasteiger partial charge on any atom is -0.352 e. The second kappa shape index (κ2) is 15.2. The maximum atomic E-state index is 13.3. The normalized spacial score (nSPS) is 11.1. The smallest absolute Gasteiger partial charge is 0.252 e. The third-order valence-electron chi connectivity index (χ3n) is 8.15. The Bertz CT molecular complexity index is 1920. The molecular formula is C39H34Cl2N4O2. The molecule has 2 N–H and O–H groups in total. The number of unbranched alkanes of at least 4 members (excludes halogenated alkanes) is 4. The zero-order valence-electron chi connectivity index (χ0n) is 25.8. The van der Waals surface area contributed by atoms with E-state index in [2.05, 4.69) is 10.6 Å². The molecule has 0 spiro atoms. The summed E-state index contributed by atoms with van der Waals surface area (Å²) < 4.78 is 0. The number of carbonyl (C=O) groups excluding carboxylic acids is 2. The van der Waals surface area contributed by atoms with Crippen LogP contribution in [0, 0.1) is 0 Å². The molecule has 0 saturated heterocycles. The summed E-state index contributed by atoms with van der Waals surface area (Å²) in [6.45, 7) is 1.16. The number of fused-ring (bicyclic) bond motifs is 2. The van der Waals surface area contributed by atoms with Gasteiger partial charge in [-0.05, 0) is 49.2 Å². The lowest BCUT2D eigenvalue weighted by molar-refractivity contribution is 0.0947. The van der Waals surface area contributed by atoms with Crippen molar-refractivity contribution in [1.82, 2.24) is 20.6 Å². The van der Waals surface area contributed by atoms with Crippen molar-refractivity contribution in [2.75, 3.05) is 13.1 Å². The maximum absolute atomic E-state index is 13.3. The zero-order valence-corrected chi connectivity index (χ0v) is 27.3. The van der Waals surface area contributed by atoms with Gasteiger partial charge in [-0.25, -0.2) is 9.97 Å². The van der Waals surface area contributed by atoms with Crippen molar-refractivity contribution >= 4 is 56.8 Å². The monoisotopic (exact) mass is 660 g/mol. The van der Waals surface area contributed by atoms with Crippen LogP contribution in [0.4, 0.5) is 0 Å². The molecule has 6 nitrogen and oxygen atoms in total. The van der Waals surface area contributed by atoms with Crippen LogP contribution in [0.5, 0.6) is 0 Å². The van der Waals surface area contributed by atoms with Crippen LogP contribution in [0.3, 0.4) is 0 Å². The largest absolute Gasteiger partial charge is 0.352 e. The fourth-order valence-electron chi connectivity index (χ4n) is 5.71. The summed E-state index contributed by atoms with van der Waals surface area (Å²) in [7, 11) is 0. The summed E-state index contributed by atoms with van der Waals surface area (Å²) in [4.78, 5) is 36.0. The number of nitrogens with zero attached hydrogens (tertiary/aromatic N) is 2. The molecule has 8 heteroatoms. The number of nitrogens with one attached hydrogen (secondary N) is 2. The third-order valence-corrected chi connectivity index (χ3v) is 8.81. The van der Waals surface area contributed by atoms with Gasteiger partial charge in [0.15, 0.2) is 0 Å². The van der Waals surface area contributed by atoms with Crippen LogP contribution in [0.1, 0.15) is 52.8 Å². The fraction of sp³-hybridized carbons (Fsp3) is 0.179. The first-order valence-electron chi connectivity index (χ1n) is 15.9. The maximum Gasteiger partial charge on any atom is 0.252 e. The van der Waals surface area contributed by atoms with E-state index in [1.807, 2.05) is 109 Å². The van der Waals surface area contributed by atoms with Crippen molar-refractivity contribution in [3.05, 3.63) is 130 Å². The SMILES string of the molecule is O=C(NCCCCCCCNC(=O)c1cc(-c2ccccc2Cl)nc2ccccc12)c1cc(-c2ccccc2Cl)nc2ccccc12. The molecule has 0 aliphatic rings. The average Bonchev–Trinajstić information content (AvgIpc) is 3.10. The predicted molar refractivity (Wildman–Crippen MR) is 192 cm³/mol. The molecule has 2 aromatic heterocycles. The lowest BCUT2D eigenvalue weighted by atomic mass is 10.0. The molecule has 236 valence electrons. The van der Waals surface area contributed by atoms with E-state index in [4.69, 9.17) is 33.2 Å². The number of amides is 2. The molecule has 0 bridgehead atoms. The average molecular weight is 662 g/mol. The van der Waals surface area contributed by atoms with Gasteiger partial charge >= 0.3 is 0 Å². The fourth-order valence-corrected chi connectivity index (χ4v) is 6.18. The van der Waals surface area contributed by atoms with Gasteiger partial charge in [-0.2, -0.15) is 0 Å². The van der Waals surface area contributed by atoms with Gasteiger partial charge in [0.2, 0.25) is 0 Å². The number of hydrogen-bond donors (Lipinski definition) is 2. The molecule has 0 unspecified atom stereocenters. The summed E-state index contributed by atoms with van der Waals surface area (Å²) in [6.07, 6.45) is 4.70. The van der Waals surface area contributed by atoms with E-state index in [-0.39, 0.29) is 11.8 Å². The van der Waals surface area contributed by atoms with Crippen molar-refractivity contribution < 1.29 is 9.59 Å². The predicted octanol–water partition coefficient (Wildman–Crippen LogP) is 9.53. The Kier molecular flexibility index (Phi) is 10.4. The molecule has 0 atom stereocenters. The minimum absolute atomic E-state index is 0.124. The Hall–Kier alpha value is -4.78. The molecule has 47 heavy (non-hydrogen) atoms. The van der Waals surface area contributed by atoms with Crippen molar-refractivity contribution in [3.63, 3.8) is 0 Å². The highest BCUT2D eigenvalue weighted by Gasteiger charge is 2.16. The topological polar surface area (TPSA) is 84.0 Å². The molecule has 2 heterocycles. The van der Waals surface area contributed by atoms with Gasteiger partial charge in [-0.1, -0.05) is 115 Å². The van der Waals surface area contributed by atoms with Gasteiger partial charge in [0.05, 0.1) is 33.5 Å². The summed E-state index contributed by atoms with van der Waals surface area (Å²) >= 11 is 12.9. The molecule has 6 rings (SSSR count). The zero-order chi connectivity index (χ0) is 32.6. The van der Waals surface area contributed by atoms with Crippen molar-refractivity contribution in [2.45, 2.75) is 32.1 Å². The van der Waals surface area contributed by atoms with Gasteiger partial charge < -0.3 is 10.6 Å². The molecule has 0 aliphatic carbocycles. The molecule has 0 fully saturated rings. The molecular weight excluding hydrogens is 627 g/mol. The van der Waals surface area contributed by atoms with Crippen LogP contribution < -0.4 is 10.6 Å². The van der Waals surface area contributed by atoms with Crippen LogP contribution in [0.2, 0.25) is 10.0 Å². The quantitative estimate of drug-likeness (QED) is 0.128. The molecule has 4 aromatic carbocycles. The van der Waals surface area contributed by atoms with Gasteiger partial charge in [-0.15, -0.1) is 0 Å². The molecule has 2 amide bonds. The minimum atomic E-state index is -0.124. The number of pyridine rings is 2. The third kappa shape index (κ3) is 7.62. The second-order valence-electron chi connectivity index (χ2n) is 11.4. The van der Waals surface area contributed by atoms with Gasteiger partial charge in [-0.3, -0.25) is 9.59 Å². The number of carbonyl (C=O) groups is 2. The Morgan fingerprint density at radius 2 is 0.894 bits per heavy atom. The van der Waals surface area contributed by atoms with Crippen LogP contribution in [0.25, 0.3) is 44.3 Å². The number of para-hydroxylation sites is 2. The van der Waals surface area contributed by atoms with E-state index < -0.39 is 0 Å². The standard InChI is InChI=1S/C39H34Cl2N4O2/c40-32-18-8-4-16-28(32)36-24-30(26-14-6-10-20-34(26)44-36)38(46)42-22-12-2-1-3-13-23-43-39(47)31-25-37(29-17-5-9-19-33(29)41)45-35-21-11-7-15-27(31)35/h4-11,14-21,24-25H,1-3,12-13,22-23H2,(H,42,46)(H,43,47).